The standard InChI is InChI=1S/C29H38N2O3.ClH/c32-27-16-11-17-28(33)31(27)21-10-2-1-9-20-30-22-18-26(19-23-30)34-29(24-12-5-3-6-13-24)25-14-7-4-8-15-25;/h3-8,12-15,26,29H,1-2,9-11,16-23H2;1H. The van der Waals surface area contributed by atoms with E-state index in [9.17, 15) is 9.59 Å². The quantitative estimate of drug-likeness (QED) is 0.291. The highest BCUT2D eigenvalue weighted by atomic mass is 35.5. The number of amides is 2. The van der Waals surface area contributed by atoms with Crippen LogP contribution in [0, 0.1) is 0 Å². The Labute approximate surface area is 216 Å². The monoisotopic (exact) mass is 498 g/mol. The molecule has 2 aliphatic heterocycles. The van der Waals surface area contributed by atoms with Crippen LogP contribution in [0.25, 0.3) is 0 Å². The number of nitrogens with zero attached hydrogens (tertiary/aromatic N) is 2. The van der Waals surface area contributed by atoms with Crippen molar-refractivity contribution in [2.24, 2.45) is 0 Å². The third kappa shape index (κ3) is 8.16. The maximum Gasteiger partial charge on any atom is 0.229 e. The molecule has 0 saturated carbocycles. The van der Waals surface area contributed by atoms with Gasteiger partial charge in [0.1, 0.15) is 6.10 Å². The lowest BCUT2D eigenvalue weighted by Gasteiger charge is -2.34. The number of carbonyl (C=O) groups excluding carboxylic acids is 2. The van der Waals surface area contributed by atoms with Crippen LogP contribution in [0.3, 0.4) is 0 Å². The van der Waals surface area contributed by atoms with Crippen LogP contribution in [0.15, 0.2) is 60.7 Å². The van der Waals surface area contributed by atoms with E-state index in [-0.39, 0.29) is 36.4 Å². The van der Waals surface area contributed by atoms with E-state index in [1.165, 1.54) is 22.4 Å². The Morgan fingerprint density at radius 1 is 0.743 bits per heavy atom. The first-order chi connectivity index (χ1) is 16.7. The summed E-state index contributed by atoms with van der Waals surface area (Å²) < 4.78 is 6.66. The highest BCUT2D eigenvalue weighted by molar-refractivity contribution is 5.97. The van der Waals surface area contributed by atoms with Crippen LogP contribution in [0.2, 0.25) is 0 Å². The molecule has 2 heterocycles. The molecule has 0 spiro atoms. The minimum atomic E-state index is -0.0161. The van der Waals surface area contributed by atoms with Crippen molar-refractivity contribution in [3.8, 4) is 0 Å². The van der Waals surface area contributed by atoms with E-state index in [0.717, 1.165) is 58.2 Å². The first-order valence-corrected chi connectivity index (χ1v) is 13.0. The predicted molar refractivity (Wildman–Crippen MR) is 142 cm³/mol. The number of benzene rings is 2. The number of hydrogen-bond acceptors (Lipinski definition) is 4. The Hall–Kier alpha value is -2.21. The van der Waals surface area contributed by atoms with Crippen LogP contribution in [0.5, 0.6) is 0 Å². The van der Waals surface area contributed by atoms with Crippen molar-refractivity contribution in [2.75, 3.05) is 26.2 Å². The molecule has 6 heteroatoms. The first-order valence-electron chi connectivity index (χ1n) is 13.0. The van der Waals surface area contributed by atoms with Crippen LogP contribution in [-0.4, -0.2) is 53.9 Å². The molecule has 5 nitrogen and oxygen atoms in total. The number of piperidine rings is 2. The number of carbonyl (C=O) groups is 2. The summed E-state index contributed by atoms with van der Waals surface area (Å²) in [5, 5.41) is 0. The molecule has 0 atom stereocenters. The Morgan fingerprint density at radius 3 is 1.80 bits per heavy atom. The van der Waals surface area contributed by atoms with Gasteiger partial charge in [-0.25, -0.2) is 0 Å². The van der Waals surface area contributed by atoms with E-state index in [1.807, 2.05) is 0 Å². The lowest BCUT2D eigenvalue weighted by atomic mass is 10.00. The number of likely N-dealkylation sites (tertiary alicyclic amines) is 2. The largest absolute Gasteiger partial charge is 0.365 e. The van der Waals surface area contributed by atoms with Gasteiger partial charge in [-0.05, 0) is 49.8 Å². The van der Waals surface area contributed by atoms with Crippen LogP contribution < -0.4 is 0 Å². The average Bonchev–Trinajstić information content (AvgIpc) is 2.88. The van der Waals surface area contributed by atoms with Gasteiger partial charge in [0.25, 0.3) is 0 Å². The second kappa shape index (κ2) is 14.4. The van der Waals surface area contributed by atoms with Crippen molar-refractivity contribution < 1.29 is 14.3 Å². The fourth-order valence-corrected chi connectivity index (χ4v) is 5.07. The fourth-order valence-electron chi connectivity index (χ4n) is 5.07. The molecule has 35 heavy (non-hydrogen) atoms. The van der Waals surface area contributed by atoms with Gasteiger partial charge >= 0.3 is 0 Å². The highest BCUT2D eigenvalue weighted by Crippen LogP contribution is 2.30. The SMILES string of the molecule is Cl.O=C1CCCC(=O)N1CCCCCCN1CCC(OC(c2ccccc2)c2ccccc2)CC1. The molecule has 0 unspecified atom stereocenters. The summed E-state index contributed by atoms with van der Waals surface area (Å²) >= 11 is 0. The van der Waals surface area contributed by atoms with Gasteiger partial charge < -0.3 is 9.64 Å². The normalized spacial score (nSPS) is 17.6. The van der Waals surface area contributed by atoms with Gasteiger partial charge in [-0.2, -0.15) is 0 Å². The van der Waals surface area contributed by atoms with Crippen molar-refractivity contribution in [3.05, 3.63) is 71.8 Å². The van der Waals surface area contributed by atoms with Gasteiger partial charge in [-0.15, -0.1) is 12.4 Å². The molecule has 2 aliphatic rings. The molecule has 190 valence electrons. The van der Waals surface area contributed by atoms with Crippen molar-refractivity contribution in [1.82, 2.24) is 9.80 Å². The predicted octanol–water partition coefficient (Wildman–Crippen LogP) is 5.78. The molecule has 0 aromatic heterocycles. The molecule has 2 amide bonds. The molecule has 2 aromatic rings. The lowest BCUT2D eigenvalue weighted by Crippen LogP contribution is -2.40. The molecule has 0 bridgehead atoms. The van der Waals surface area contributed by atoms with Crippen molar-refractivity contribution in [2.45, 2.75) is 70.0 Å². The minimum Gasteiger partial charge on any atom is -0.365 e. The summed E-state index contributed by atoms with van der Waals surface area (Å²) in [6, 6.07) is 21.1. The van der Waals surface area contributed by atoms with Gasteiger partial charge in [0.2, 0.25) is 11.8 Å². The number of halogens is 1. The number of ether oxygens (including phenoxy) is 1. The number of hydrogen-bond donors (Lipinski definition) is 0. The molecule has 0 radical (unpaired) electrons. The van der Waals surface area contributed by atoms with Gasteiger partial charge in [-0.1, -0.05) is 73.5 Å². The number of rotatable bonds is 11. The summed E-state index contributed by atoms with van der Waals surface area (Å²) in [7, 11) is 0. The van der Waals surface area contributed by atoms with Crippen LogP contribution in [-0.2, 0) is 14.3 Å². The van der Waals surface area contributed by atoms with Crippen LogP contribution in [0.4, 0.5) is 0 Å². The van der Waals surface area contributed by atoms with E-state index >= 15 is 0 Å². The summed E-state index contributed by atoms with van der Waals surface area (Å²) in [4.78, 5) is 27.8. The topological polar surface area (TPSA) is 49.9 Å². The molecule has 4 rings (SSSR count). The van der Waals surface area contributed by atoms with Crippen molar-refractivity contribution in [1.29, 1.82) is 0 Å². The second-order valence-corrected chi connectivity index (χ2v) is 9.59. The van der Waals surface area contributed by atoms with Gasteiger partial charge in [-0.3, -0.25) is 14.5 Å². The second-order valence-electron chi connectivity index (χ2n) is 9.59. The summed E-state index contributed by atoms with van der Waals surface area (Å²) in [5.74, 6) is 0.0335. The van der Waals surface area contributed by atoms with E-state index in [4.69, 9.17) is 4.74 Å². The highest BCUT2D eigenvalue weighted by Gasteiger charge is 2.26. The van der Waals surface area contributed by atoms with E-state index < -0.39 is 0 Å². The molecule has 0 N–H and O–H groups in total. The molecule has 2 fully saturated rings. The number of unbranched alkanes of at least 4 members (excludes halogenated alkanes) is 3. The summed E-state index contributed by atoms with van der Waals surface area (Å²) in [5.41, 5.74) is 2.42. The zero-order valence-electron chi connectivity index (χ0n) is 20.6. The Kier molecular flexibility index (Phi) is 11.2. The van der Waals surface area contributed by atoms with Crippen molar-refractivity contribution in [3.63, 3.8) is 0 Å². The number of imide groups is 1. The Morgan fingerprint density at radius 2 is 1.26 bits per heavy atom. The molecular formula is C29H39ClN2O3. The van der Waals surface area contributed by atoms with Crippen LogP contribution in [0.1, 0.15) is 75.0 Å². The average molecular weight is 499 g/mol. The maximum absolute atomic E-state index is 11.9. The minimum absolute atomic E-state index is 0. The summed E-state index contributed by atoms with van der Waals surface area (Å²) in [6.45, 7) is 3.88. The first kappa shape index (κ1) is 27.4. The third-order valence-corrected chi connectivity index (χ3v) is 7.06. The van der Waals surface area contributed by atoms with E-state index in [1.54, 1.807) is 0 Å². The fraction of sp³-hybridized carbons (Fsp3) is 0.517. The van der Waals surface area contributed by atoms with Gasteiger partial charge in [0, 0.05) is 32.5 Å². The molecule has 0 aliphatic carbocycles. The zero-order valence-corrected chi connectivity index (χ0v) is 21.5. The van der Waals surface area contributed by atoms with Gasteiger partial charge in [0.05, 0.1) is 6.10 Å². The zero-order chi connectivity index (χ0) is 23.6. The van der Waals surface area contributed by atoms with Crippen LogP contribution >= 0.6 is 12.4 Å². The molecule has 2 saturated heterocycles. The third-order valence-electron chi connectivity index (χ3n) is 7.06. The summed E-state index contributed by atoms with van der Waals surface area (Å²) in [6.07, 6.45) is 8.49. The maximum atomic E-state index is 11.9. The van der Waals surface area contributed by atoms with Crippen molar-refractivity contribution >= 4 is 24.2 Å². The Bertz CT molecular complexity index is 845. The molecule has 2 aromatic carbocycles. The Balaban J connectivity index is 0.00000342. The van der Waals surface area contributed by atoms with E-state index in [0.29, 0.717) is 19.4 Å². The van der Waals surface area contributed by atoms with Gasteiger partial charge in [0.15, 0.2) is 0 Å². The smallest absolute Gasteiger partial charge is 0.229 e. The van der Waals surface area contributed by atoms with E-state index in [2.05, 4.69) is 65.6 Å². The molecular weight excluding hydrogens is 460 g/mol. The lowest BCUT2D eigenvalue weighted by molar-refractivity contribution is -0.148.